The molecule has 0 saturated heterocycles. The van der Waals surface area contributed by atoms with Crippen molar-refractivity contribution in [1.82, 2.24) is 0 Å². The molecule has 4 fully saturated rings. The highest BCUT2D eigenvalue weighted by Crippen LogP contribution is 2.57. The molecule has 2 heteroatoms. The van der Waals surface area contributed by atoms with Crippen LogP contribution in [0.1, 0.15) is 71.1 Å². The minimum absolute atomic E-state index is 0.0297. The van der Waals surface area contributed by atoms with Crippen molar-refractivity contribution in [1.29, 1.82) is 0 Å². The van der Waals surface area contributed by atoms with Crippen molar-refractivity contribution < 1.29 is 9.53 Å². The minimum Gasteiger partial charge on any atom is -0.459 e. The molecule has 0 aromatic carbocycles. The van der Waals surface area contributed by atoms with Gasteiger partial charge in [0.05, 0.1) is 0 Å². The molecule has 18 heavy (non-hydrogen) atoms. The summed E-state index contributed by atoms with van der Waals surface area (Å²) in [7, 11) is 0. The van der Waals surface area contributed by atoms with Gasteiger partial charge >= 0.3 is 5.97 Å². The number of hydrogen-bond donors (Lipinski definition) is 0. The van der Waals surface area contributed by atoms with Gasteiger partial charge in [0.15, 0.2) is 0 Å². The third-order valence-electron chi connectivity index (χ3n) is 5.30. The smallest absolute Gasteiger partial charge is 0.306 e. The topological polar surface area (TPSA) is 26.3 Å². The first-order valence-corrected chi connectivity index (χ1v) is 7.91. The van der Waals surface area contributed by atoms with Crippen LogP contribution in [0.2, 0.25) is 0 Å². The van der Waals surface area contributed by atoms with Crippen LogP contribution in [0, 0.1) is 17.8 Å². The van der Waals surface area contributed by atoms with Crippen molar-refractivity contribution in [2.75, 3.05) is 0 Å². The largest absolute Gasteiger partial charge is 0.459 e. The summed E-state index contributed by atoms with van der Waals surface area (Å²) in [5.41, 5.74) is -0.0297. The molecule has 4 rings (SSSR count). The Kier molecular flexibility index (Phi) is 3.38. The summed E-state index contributed by atoms with van der Waals surface area (Å²) in [5.74, 6) is 2.66. The lowest BCUT2D eigenvalue weighted by atomic mass is 9.54. The molecule has 0 unspecified atom stereocenters. The molecule has 4 saturated carbocycles. The molecule has 0 aromatic heterocycles. The van der Waals surface area contributed by atoms with E-state index in [1.54, 1.807) is 0 Å². The Labute approximate surface area is 110 Å². The molecular formula is C16H26O2. The van der Waals surface area contributed by atoms with E-state index >= 15 is 0 Å². The van der Waals surface area contributed by atoms with Gasteiger partial charge in [-0.1, -0.05) is 19.8 Å². The zero-order chi connectivity index (χ0) is 12.6. The van der Waals surface area contributed by atoms with E-state index in [2.05, 4.69) is 6.92 Å². The monoisotopic (exact) mass is 250 g/mol. The van der Waals surface area contributed by atoms with Crippen LogP contribution in [0.15, 0.2) is 0 Å². The zero-order valence-corrected chi connectivity index (χ0v) is 11.6. The summed E-state index contributed by atoms with van der Waals surface area (Å²) in [6.07, 6.45) is 11.7. The number of rotatable bonds is 5. The first kappa shape index (κ1) is 12.5. The van der Waals surface area contributed by atoms with Gasteiger partial charge in [0.2, 0.25) is 0 Å². The highest BCUT2D eigenvalue weighted by atomic mass is 16.6. The molecule has 2 nitrogen and oxygen atoms in total. The zero-order valence-electron chi connectivity index (χ0n) is 11.6. The second kappa shape index (κ2) is 4.86. The Bertz CT molecular complexity index is 286. The maximum absolute atomic E-state index is 12.0. The summed E-state index contributed by atoms with van der Waals surface area (Å²) < 4.78 is 5.96. The van der Waals surface area contributed by atoms with E-state index in [9.17, 15) is 4.79 Å². The molecule has 0 aliphatic heterocycles. The number of esters is 1. The van der Waals surface area contributed by atoms with Crippen LogP contribution in [0.4, 0.5) is 0 Å². The average molecular weight is 250 g/mol. The van der Waals surface area contributed by atoms with Crippen LogP contribution in [0.3, 0.4) is 0 Å². The molecule has 0 amide bonds. The Morgan fingerprint density at radius 1 is 1.06 bits per heavy atom. The molecule has 4 aliphatic rings. The van der Waals surface area contributed by atoms with Crippen molar-refractivity contribution in [3.8, 4) is 0 Å². The highest BCUT2D eigenvalue weighted by molar-refractivity contribution is 5.70. The van der Waals surface area contributed by atoms with E-state index in [0.29, 0.717) is 6.42 Å². The van der Waals surface area contributed by atoms with E-state index in [4.69, 9.17) is 4.74 Å². The Hall–Kier alpha value is -0.530. The van der Waals surface area contributed by atoms with Crippen molar-refractivity contribution >= 4 is 5.97 Å². The van der Waals surface area contributed by atoms with Gasteiger partial charge in [-0.25, -0.2) is 0 Å². The third-order valence-corrected chi connectivity index (χ3v) is 5.30. The number of hydrogen-bond acceptors (Lipinski definition) is 2. The average Bonchev–Trinajstić information content (AvgIpc) is 2.26. The maximum Gasteiger partial charge on any atom is 0.306 e. The van der Waals surface area contributed by atoms with Crippen LogP contribution in [0.25, 0.3) is 0 Å². The normalized spacial score (nSPS) is 41.1. The fourth-order valence-electron chi connectivity index (χ4n) is 4.97. The lowest BCUT2D eigenvalue weighted by Crippen LogP contribution is -2.52. The second-order valence-electron chi connectivity index (χ2n) is 7.03. The van der Waals surface area contributed by atoms with E-state index < -0.39 is 0 Å². The Balaban J connectivity index is 1.57. The molecule has 0 heterocycles. The summed E-state index contributed by atoms with van der Waals surface area (Å²) in [4.78, 5) is 12.0. The number of ether oxygens (including phenoxy) is 1. The van der Waals surface area contributed by atoms with Gasteiger partial charge in [0, 0.05) is 6.42 Å². The first-order valence-electron chi connectivity index (χ1n) is 7.91. The van der Waals surface area contributed by atoms with Crippen molar-refractivity contribution in [3.05, 3.63) is 0 Å². The Morgan fingerprint density at radius 2 is 1.61 bits per heavy atom. The standard InChI is InChI=1S/C16H26O2/c1-2-3-4-5-15(17)18-16-9-12-6-13(10-16)8-14(7-12)11-16/h12-14H,2-11H2,1H3. The highest BCUT2D eigenvalue weighted by Gasteiger charge is 2.53. The fourth-order valence-corrected chi connectivity index (χ4v) is 4.97. The summed E-state index contributed by atoms with van der Waals surface area (Å²) in [5, 5.41) is 0. The van der Waals surface area contributed by atoms with E-state index in [0.717, 1.165) is 30.6 Å². The summed E-state index contributed by atoms with van der Waals surface area (Å²) in [6, 6.07) is 0. The third kappa shape index (κ3) is 2.44. The molecule has 0 radical (unpaired) electrons. The van der Waals surface area contributed by atoms with Gasteiger partial charge in [-0.15, -0.1) is 0 Å². The van der Waals surface area contributed by atoms with Gasteiger partial charge in [-0.2, -0.15) is 0 Å². The van der Waals surface area contributed by atoms with Crippen molar-refractivity contribution in [2.24, 2.45) is 17.8 Å². The molecule has 0 spiro atoms. The summed E-state index contributed by atoms with van der Waals surface area (Å²) in [6.45, 7) is 2.17. The number of carbonyl (C=O) groups excluding carboxylic acids is 1. The van der Waals surface area contributed by atoms with Gasteiger partial charge in [-0.05, 0) is 62.7 Å². The van der Waals surface area contributed by atoms with Crippen LogP contribution >= 0.6 is 0 Å². The van der Waals surface area contributed by atoms with Gasteiger partial charge < -0.3 is 4.74 Å². The first-order chi connectivity index (χ1) is 8.69. The van der Waals surface area contributed by atoms with Crippen LogP contribution in [0.5, 0.6) is 0 Å². The van der Waals surface area contributed by atoms with Gasteiger partial charge in [-0.3, -0.25) is 4.79 Å². The molecule has 102 valence electrons. The summed E-state index contributed by atoms with van der Waals surface area (Å²) >= 11 is 0. The predicted octanol–water partition coefficient (Wildman–Crippen LogP) is 4.08. The minimum atomic E-state index is -0.0297. The van der Waals surface area contributed by atoms with Crippen LogP contribution in [-0.4, -0.2) is 11.6 Å². The maximum atomic E-state index is 12.0. The fraction of sp³-hybridized carbons (Fsp3) is 0.938. The van der Waals surface area contributed by atoms with Crippen molar-refractivity contribution in [3.63, 3.8) is 0 Å². The molecule has 4 bridgehead atoms. The predicted molar refractivity (Wildman–Crippen MR) is 71.1 cm³/mol. The quantitative estimate of drug-likeness (QED) is 0.543. The molecule has 0 aromatic rings. The molecule has 0 N–H and O–H groups in total. The number of carbonyl (C=O) groups is 1. The molecule has 0 atom stereocenters. The molecular weight excluding hydrogens is 224 g/mol. The second-order valence-corrected chi connectivity index (χ2v) is 7.03. The lowest BCUT2D eigenvalue weighted by molar-refractivity contribution is -0.186. The SMILES string of the molecule is CCCCCC(=O)OC12CC3CC(CC(C3)C1)C2. The van der Waals surface area contributed by atoms with Crippen molar-refractivity contribution in [2.45, 2.75) is 76.7 Å². The van der Waals surface area contributed by atoms with Crippen LogP contribution in [-0.2, 0) is 9.53 Å². The van der Waals surface area contributed by atoms with Crippen LogP contribution < -0.4 is 0 Å². The lowest BCUT2D eigenvalue weighted by Gasteiger charge is -2.55. The van der Waals surface area contributed by atoms with Gasteiger partial charge in [0.25, 0.3) is 0 Å². The Morgan fingerprint density at radius 3 is 2.11 bits per heavy atom. The van der Waals surface area contributed by atoms with Gasteiger partial charge in [0.1, 0.15) is 5.60 Å². The van der Waals surface area contributed by atoms with E-state index in [1.165, 1.54) is 44.9 Å². The number of unbranched alkanes of at least 4 members (excludes halogenated alkanes) is 2. The van der Waals surface area contributed by atoms with E-state index in [1.807, 2.05) is 0 Å². The molecule has 4 aliphatic carbocycles. The van der Waals surface area contributed by atoms with E-state index in [-0.39, 0.29) is 11.6 Å².